The van der Waals surface area contributed by atoms with E-state index in [1.807, 2.05) is 30.3 Å². The number of ether oxygens (including phenoxy) is 4. The maximum Gasteiger partial charge on any atom is 0.267 e. The Morgan fingerprint density at radius 3 is 2.30 bits per heavy atom. The monoisotopic (exact) mass is 412 g/mol. The van der Waals surface area contributed by atoms with E-state index in [1.165, 1.54) is 0 Å². The van der Waals surface area contributed by atoms with Crippen molar-refractivity contribution < 1.29 is 28.5 Å². The predicted molar refractivity (Wildman–Crippen MR) is 108 cm³/mol. The van der Waals surface area contributed by atoms with Gasteiger partial charge in [-0.15, -0.1) is 0 Å². The number of fused-ring (bicyclic) bond motifs is 1. The number of rotatable bonds is 5. The fourth-order valence-corrected chi connectivity index (χ4v) is 3.49. The van der Waals surface area contributed by atoms with E-state index < -0.39 is 6.10 Å². The van der Waals surface area contributed by atoms with Gasteiger partial charge in [-0.2, -0.15) is 0 Å². The maximum absolute atomic E-state index is 12.8. The number of benzene rings is 2. The van der Waals surface area contributed by atoms with Crippen molar-refractivity contribution in [2.45, 2.75) is 6.10 Å². The molecule has 1 unspecified atom stereocenters. The Morgan fingerprint density at radius 2 is 1.57 bits per heavy atom. The second-order valence-corrected chi connectivity index (χ2v) is 7.01. The quantitative estimate of drug-likeness (QED) is 0.742. The first kappa shape index (κ1) is 19.9. The molecule has 1 fully saturated rings. The average Bonchev–Trinajstić information content (AvgIpc) is 2.82. The summed E-state index contributed by atoms with van der Waals surface area (Å²) in [6, 6.07) is 14.5. The molecule has 0 N–H and O–H groups in total. The molecule has 158 valence electrons. The zero-order chi connectivity index (χ0) is 20.9. The molecule has 8 heteroatoms. The molecular weight excluding hydrogens is 388 g/mol. The van der Waals surface area contributed by atoms with Gasteiger partial charge in [0.2, 0.25) is 6.10 Å². The van der Waals surface area contributed by atoms with Gasteiger partial charge in [0.1, 0.15) is 6.61 Å². The summed E-state index contributed by atoms with van der Waals surface area (Å²) in [5.74, 6) is 2.08. The Morgan fingerprint density at radius 1 is 0.933 bits per heavy atom. The van der Waals surface area contributed by atoms with Crippen LogP contribution in [0.2, 0.25) is 0 Å². The van der Waals surface area contributed by atoms with Gasteiger partial charge in [0.15, 0.2) is 29.6 Å². The van der Waals surface area contributed by atoms with Gasteiger partial charge in [-0.3, -0.25) is 9.59 Å². The summed E-state index contributed by atoms with van der Waals surface area (Å²) in [5, 5.41) is 0. The van der Waals surface area contributed by atoms with E-state index in [2.05, 4.69) is 0 Å². The molecule has 2 aliphatic rings. The number of para-hydroxylation sites is 4. The van der Waals surface area contributed by atoms with Gasteiger partial charge in [0.05, 0.1) is 7.11 Å². The zero-order valence-corrected chi connectivity index (χ0v) is 16.8. The van der Waals surface area contributed by atoms with Crippen molar-refractivity contribution in [2.75, 3.05) is 46.5 Å². The minimum Gasteiger partial charge on any atom is -0.493 e. The Labute approximate surface area is 174 Å². The highest BCUT2D eigenvalue weighted by atomic mass is 16.6. The average molecular weight is 412 g/mol. The largest absolute Gasteiger partial charge is 0.493 e. The molecule has 0 aromatic heterocycles. The Kier molecular flexibility index (Phi) is 5.92. The Hall–Kier alpha value is -3.42. The normalized spacial score (nSPS) is 18.0. The number of methoxy groups -OCH3 is 1. The lowest BCUT2D eigenvalue weighted by atomic mass is 10.2. The van der Waals surface area contributed by atoms with Gasteiger partial charge in [-0.1, -0.05) is 24.3 Å². The van der Waals surface area contributed by atoms with Crippen LogP contribution in [0.4, 0.5) is 0 Å². The van der Waals surface area contributed by atoms with Gasteiger partial charge in [0.25, 0.3) is 11.8 Å². The molecule has 0 saturated carbocycles. The summed E-state index contributed by atoms with van der Waals surface area (Å²) in [7, 11) is 1.56. The number of nitrogens with zero attached hydrogens (tertiary/aromatic N) is 2. The van der Waals surface area contributed by atoms with Crippen LogP contribution in [-0.2, 0) is 9.59 Å². The van der Waals surface area contributed by atoms with Gasteiger partial charge in [-0.25, -0.2) is 0 Å². The number of hydrogen-bond acceptors (Lipinski definition) is 6. The summed E-state index contributed by atoms with van der Waals surface area (Å²) in [6.45, 7) is 1.89. The zero-order valence-electron chi connectivity index (χ0n) is 16.8. The number of piperazine rings is 1. The van der Waals surface area contributed by atoms with Crippen molar-refractivity contribution in [3.63, 3.8) is 0 Å². The first-order valence-corrected chi connectivity index (χ1v) is 9.86. The van der Waals surface area contributed by atoms with E-state index in [1.54, 1.807) is 35.1 Å². The lowest BCUT2D eigenvalue weighted by Gasteiger charge is -2.37. The van der Waals surface area contributed by atoms with Gasteiger partial charge in [0, 0.05) is 26.2 Å². The van der Waals surface area contributed by atoms with Crippen molar-refractivity contribution in [3.05, 3.63) is 48.5 Å². The number of hydrogen-bond donors (Lipinski definition) is 0. The molecule has 0 spiro atoms. The highest BCUT2D eigenvalue weighted by molar-refractivity contribution is 5.83. The van der Waals surface area contributed by atoms with E-state index in [9.17, 15) is 9.59 Å². The number of carbonyl (C=O) groups is 2. The van der Waals surface area contributed by atoms with Gasteiger partial charge in [-0.05, 0) is 24.3 Å². The fraction of sp³-hybridized carbons (Fsp3) is 0.364. The molecule has 2 aromatic carbocycles. The second kappa shape index (κ2) is 8.94. The highest BCUT2D eigenvalue weighted by Crippen LogP contribution is 2.31. The Balaban J connectivity index is 1.26. The molecular formula is C22H24N2O6. The van der Waals surface area contributed by atoms with Crippen molar-refractivity contribution in [1.82, 2.24) is 9.80 Å². The first-order valence-electron chi connectivity index (χ1n) is 9.86. The third-order valence-corrected chi connectivity index (χ3v) is 5.15. The van der Waals surface area contributed by atoms with Crippen LogP contribution in [0.3, 0.4) is 0 Å². The highest BCUT2D eigenvalue weighted by Gasteiger charge is 2.33. The third kappa shape index (κ3) is 4.27. The summed E-state index contributed by atoms with van der Waals surface area (Å²) < 4.78 is 22.3. The van der Waals surface area contributed by atoms with Crippen LogP contribution in [0.25, 0.3) is 0 Å². The van der Waals surface area contributed by atoms with Crippen LogP contribution in [-0.4, -0.2) is 74.2 Å². The summed E-state index contributed by atoms with van der Waals surface area (Å²) in [5.41, 5.74) is 0. The van der Waals surface area contributed by atoms with Crippen molar-refractivity contribution >= 4 is 11.8 Å². The molecule has 2 aromatic rings. The maximum atomic E-state index is 12.8. The molecule has 1 saturated heterocycles. The molecule has 8 nitrogen and oxygen atoms in total. The number of amides is 2. The SMILES string of the molecule is COc1ccccc1OCC(=O)N1CCN(C(=O)C2COc3ccccc3O2)CC1. The van der Waals surface area contributed by atoms with Crippen molar-refractivity contribution in [1.29, 1.82) is 0 Å². The molecule has 30 heavy (non-hydrogen) atoms. The van der Waals surface area contributed by atoms with Crippen LogP contribution < -0.4 is 18.9 Å². The van der Waals surface area contributed by atoms with Gasteiger partial charge < -0.3 is 28.7 Å². The standard InChI is InChI=1S/C22H24N2O6/c1-27-16-6-2-3-7-17(16)29-15-21(25)23-10-12-24(13-11-23)22(26)20-14-28-18-8-4-5-9-19(18)30-20/h2-9,20H,10-15H2,1H3. The van der Waals surface area contributed by atoms with Crippen molar-refractivity contribution in [2.24, 2.45) is 0 Å². The summed E-state index contributed by atoms with van der Waals surface area (Å²) in [6.07, 6.45) is -0.670. The molecule has 0 aliphatic carbocycles. The summed E-state index contributed by atoms with van der Waals surface area (Å²) in [4.78, 5) is 28.7. The molecule has 1 atom stereocenters. The van der Waals surface area contributed by atoms with E-state index in [4.69, 9.17) is 18.9 Å². The molecule has 2 amide bonds. The van der Waals surface area contributed by atoms with E-state index in [0.29, 0.717) is 49.2 Å². The molecule has 2 aliphatic heterocycles. The molecule has 0 bridgehead atoms. The van der Waals surface area contributed by atoms with E-state index >= 15 is 0 Å². The van der Waals surface area contributed by atoms with E-state index in [-0.39, 0.29) is 25.0 Å². The lowest BCUT2D eigenvalue weighted by Crippen LogP contribution is -2.55. The predicted octanol–water partition coefficient (Wildman–Crippen LogP) is 1.58. The number of carbonyl (C=O) groups excluding carboxylic acids is 2. The van der Waals surface area contributed by atoms with Crippen molar-refractivity contribution in [3.8, 4) is 23.0 Å². The smallest absolute Gasteiger partial charge is 0.267 e. The van der Waals surface area contributed by atoms with Crippen LogP contribution in [0.15, 0.2) is 48.5 Å². The molecule has 2 heterocycles. The molecule has 0 radical (unpaired) electrons. The third-order valence-electron chi connectivity index (χ3n) is 5.15. The molecule has 4 rings (SSSR count). The van der Waals surface area contributed by atoms with Gasteiger partial charge >= 0.3 is 0 Å². The topological polar surface area (TPSA) is 77.5 Å². The van der Waals surface area contributed by atoms with Crippen LogP contribution in [0.1, 0.15) is 0 Å². The minimum atomic E-state index is -0.670. The van der Waals surface area contributed by atoms with Crippen LogP contribution in [0, 0.1) is 0 Å². The lowest BCUT2D eigenvalue weighted by molar-refractivity contribution is -0.146. The Bertz CT molecular complexity index is 910. The second-order valence-electron chi connectivity index (χ2n) is 7.01. The first-order chi connectivity index (χ1) is 14.7. The minimum absolute atomic E-state index is 0.0787. The fourth-order valence-electron chi connectivity index (χ4n) is 3.49. The summed E-state index contributed by atoms with van der Waals surface area (Å²) >= 11 is 0. The van der Waals surface area contributed by atoms with Crippen LogP contribution in [0.5, 0.6) is 23.0 Å². The van der Waals surface area contributed by atoms with Crippen LogP contribution >= 0.6 is 0 Å². The van der Waals surface area contributed by atoms with E-state index in [0.717, 1.165) is 0 Å².